The highest BCUT2D eigenvalue weighted by atomic mass is 16.3. The van der Waals surface area contributed by atoms with Crippen LogP contribution in [0.5, 0.6) is 0 Å². The Morgan fingerprint density at radius 1 is 1.12 bits per heavy atom. The molecule has 0 aromatic heterocycles. The fourth-order valence-corrected chi connectivity index (χ4v) is 4.26. The number of hydrogen-bond acceptors (Lipinski definition) is 3. The minimum Gasteiger partial charge on any atom is -0.512 e. The van der Waals surface area contributed by atoms with Crippen molar-refractivity contribution in [3.05, 3.63) is 40.1 Å². The minimum atomic E-state index is -0.0502. The van der Waals surface area contributed by atoms with Crippen molar-refractivity contribution in [2.45, 2.75) is 46.5 Å². The van der Waals surface area contributed by atoms with Gasteiger partial charge in [0.05, 0.1) is 5.57 Å². The van der Waals surface area contributed by atoms with Crippen LogP contribution in [0.3, 0.4) is 0 Å². The molecule has 2 N–H and O–H groups in total. The summed E-state index contributed by atoms with van der Waals surface area (Å²) in [6, 6.07) is 4.00. The van der Waals surface area contributed by atoms with Gasteiger partial charge >= 0.3 is 0 Å². The van der Waals surface area contributed by atoms with Gasteiger partial charge in [-0.3, -0.25) is 4.79 Å². The number of carbonyl (C=O) groups is 1. The number of rotatable bonds is 1. The Morgan fingerprint density at radius 2 is 1.75 bits per heavy atom. The van der Waals surface area contributed by atoms with Crippen LogP contribution in [0, 0.1) is 31.1 Å². The first kappa shape index (κ1) is 16.8. The average molecular weight is 323 g/mol. The van der Waals surface area contributed by atoms with E-state index in [0.29, 0.717) is 18.4 Å². The zero-order valence-electron chi connectivity index (χ0n) is 14.8. The Labute approximate surface area is 144 Å². The first-order valence-electron chi connectivity index (χ1n) is 8.66. The number of benzene rings is 1. The maximum Gasteiger partial charge on any atom is 0.167 e. The number of aryl methyl sites for hydroxylation is 2. The first-order chi connectivity index (χ1) is 11.5. The Hall–Kier alpha value is -2.05. The molecule has 0 unspecified atom stereocenters. The van der Waals surface area contributed by atoms with Gasteiger partial charge in [-0.15, -0.1) is 5.92 Å². The van der Waals surface area contributed by atoms with Crippen LogP contribution in [0.25, 0.3) is 5.57 Å². The molecular weight excluding hydrogens is 298 g/mol. The van der Waals surface area contributed by atoms with Crippen LogP contribution in [0.1, 0.15) is 54.9 Å². The number of allylic oxidation sites excluding steroid dienone is 2. The van der Waals surface area contributed by atoms with Crippen LogP contribution in [0.2, 0.25) is 0 Å². The number of hydrogen-bond donors (Lipinski definition) is 2. The first-order valence-corrected chi connectivity index (χ1v) is 8.66. The lowest BCUT2D eigenvalue weighted by atomic mass is 9.67. The van der Waals surface area contributed by atoms with Crippen molar-refractivity contribution in [3.63, 3.8) is 0 Å². The topological polar surface area (TPSA) is 49.3 Å². The molecule has 1 aliphatic carbocycles. The number of Topliss-reactive ketones (excluding diaryl/α,β-unsaturated/α-hetero) is 1. The van der Waals surface area contributed by atoms with E-state index in [0.717, 1.165) is 48.2 Å². The predicted molar refractivity (Wildman–Crippen MR) is 96.8 cm³/mol. The summed E-state index contributed by atoms with van der Waals surface area (Å²) in [7, 11) is 0. The number of piperidine rings is 1. The van der Waals surface area contributed by atoms with Crippen LogP contribution in [-0.4, -0.2) is 24.0 Å². The molecule has 126 valence electrons. The quantitative estimate of drug-likeness (QED) is 0.775. The maximum absolute atomic E-state index is 12.9. The summed E-state index contributed by atoms with van der Waals surface area (Å²) >= 11 is 0. The molecule has 0 bridgehead atoms. The SMILES string of the molecule is CC#Cc1cc(C)c(C2=C(O)CC3(CCNCC3)CC2=O)c(C)c1. The van der Waals surface area contributed by atoms with Crippen LogP contribution in [0.15, 0.2) is 17.9 Å². The van der Waals surface area contributed by atoms with Crippen molar-refractivity contribution >= 4 is 11.4 Å². The largest absolute Gasteiger partial charge is 0.512 e. The van der Waals surface area contributed by atoms with Crippen LogP contribution >= 0.6 is 0 Å². The lowest BCUT2D eigenvalue weighted by molar-refractivity contribution is -0.117. The number of ketones is 1. The molecule has 24 heavy (non-hydrogen) atoms. The molecule has 1 saturated heterocycles. The van der Waals surface area contributed by atoms with Gasteiger partial charge in [-0.25, -0.2) is 0 Å². The molecule has 0 amide bonds. The molecule has 1 aromatic rings. The Morgan fingerprint density at radius 3 is 2.29 bits per heavy atom. The van der Waals surface area contributed by atoms with Gasteiger partial charge in [0.1, 0.15) is 5.76 Å². The van der Waals surface area contributed by atoms with Gasteiger partial charge in [0.2, 0.25) is 0 Å². The molecule has 3 nitrogen and oxygen atoms in total. The highest BCUT2D eigenvalue weighted by Crippen LogP contribution is 2.46. The van der Waals surface area contributed by atoms with Gasteiger partial charge < -0.3 is 10.4 Å². The van der Waals surface area contributed by atoms with E-state index in [1.807, 2.05) is 32.9 Å². The monoisotopic (exact) mass is 323 g/mol. The third-order valence-electron chi connectivity index (χ3n) is 5.36. The number of carbonyl (C=O) groups excluding carboxylic acids is 1. The van der Waals surface area contributed by atoms with Gasteiger partial charge in [-0.2, -0.15) is 0 Å². The van der Waals surface area contributed by atoms with Crippen molar-refractivity contribution in [1.29, 1.82) is 0 Å². The summed E-state index contributed by atoms with van der Waals surface area (Å²) in [6.45, 7) is 7.66. The summed E-state index contributed by atoms with van der Waals surface area (Å²) in [5.41, 5.74) is 4.33. The second-order valence-corrected chi connectivity index (χ2v) is 7.21. The van der Waals surface area contributed by atoms with E-state index in [2.05, 4.69) is 17.2 Å². The molecule has 3 rings (SSSR count). The molecule has 0 radical (unpaired) electrons. The molecule has 1 fully saturated rings. The van der Waals surface area contributed by atoms with E-state index in [1.165, 1.54) is 0 Å². The molecule has 1 aliphatic heterocycles. The Kier molecular flexibility index (Phi) is 4.51. The zero-order valence-corrected chi connectivity index (χ0v) is 14.8. The molecule has 2 aliphatic rings. The van der Waals surface area contributed by atoms with Crippen molar-refractivity contribution in [2.75, 3.05) is 13.1 Å². The molecule has 1 spiro atoms. The highest BCUT2D eigenvalue weighted by molar-refractivity contribution is 6.23. The second kappa shape index (κ2) is 6.45. The van der Waals surface area contributed by atoms with Crippen LogP contribution in [0.4, 0.5) is 0 Å². The van der Waals surface area contributed by atoms with Gasteiger partial charge in [0, 0.05) is 18.4 Å². The van der Waals surface area contributed by atoms with Crippen LogP contribution < -0.4 is 5.32 Å². The number of nitrogens with one attached hydrogen (secondary N) is 1. The molecule has 0 atom stereocenters. The minimum absolute atomic E-state index is 0.0502. The summed E-state index contributed by atoms with van der Waals surface area (Å²) < 4.78 is 0. The lowest BCUT2D eigenvalue weighted by Crippen LogP contribution is -2.40. The van der Waals surface area contributed by atoms with Gasteiger partial charge in [-0.05, 0) is 80.9 Å². The third-order valence-corrected chi connectivity index (χ3v) is 5.36. The molecule has 1 heterocycles. The highest BCUT2D eigenvalue weighted by Gasteiger charge is 2.41. The Bertz CT molecular complexity index is 748. The van der Waals surface area contributed by atoms with E-state index < -0.39 is 0 Å². The number of aliphatic hydroxyl groups excluding tert-OH is 1. The second-order valence-electron chi connectivity index (χ2n) is 7.21. The van der Waals surface area contributed by atoms with E-state index in [4.69, 9.17) is 0 Å². The average Bonchev–Trinajstić information content (AvgIpc) is 2.50. The molecule has 0 saturated carbocycles. The smallest absolute Gasteiger partial charge is 0.167 e. The van der Waals surface area contributed by atoms with E-state index in [1.54, 1.807) is 0 Å². The lowest BCUT2D eigenvalue weighted by Gasteiger charge is -2.40. The fraction of sp³-hybridized carbons (Fsp3) is 0.476. The Balaban J connectivity index is 2.04. The predicted octanol–water partition coefficient (Wildman–Crippen LogP) is 3.68. The standard InChI is InChI=1S/C21H25NO2/c1-4-5-16-10-14(2)19(15(3)11-16)20-17(23)12-21(13-18(20)24)6-8-22-9-7-21/h10-11,22-23H,6-9,12-13H2,1-3H3. The molecule has 3 heteroatoms. The molecule has 1 aromatic carbocycles. The van der Waals surface area contributed by atoms with E-state index in [-0.39, 0.29) is 17.0 Å². The van der Waals surface area contributed by atoms with E-state index in [9.17, 15) is 9.90 Å². The number of aliphatic hydroxyl groups is 1. The van der Waals surface area contributed by atoms with Gasteiger partial charge in [0.25, 0.3) is 0 Å². The van der Waals surface area contributed by atoms with Crippen molar-refractivity contribution in [3.8, 4) is 11.8 Å². The van der Waals surface area contributed by atoms with Crippen molar-refractivity contribution in [1.82, 2.24) is 5.32 Å². The molecular formula is C21H25NO2. The fourth-order valence-electron chi connectivity index (χ4n) is 4.26. The summed E-state index contributed by atoms with van der Waals surface area (Å²) in [4.78, 5) is 12.9. The maximum atomic E-state index is 12.9. The third kappa shape index (κ3) is 2.99. The zero-order chi connectivity index (χ0) is 17.3. The van der Waals surface area contributed by atoms with Crippen molar-refractivity contribution < 1.29 is 9.90 Å². The van der Waals surface area contributed by atoms with Gasteiger partial charge in [0.15, 0.2) is 5.78 Å². The van der Waals surface area contributed by atoms with E-state index >= 15 is 0 Å². The van der Waals surface area contributed by atoms with Crippen LogP contribution in [-0.2, 0) is 4.79 Å². The van der Waals surface area contributed by atoms with Crippen molar-refractivity contribution in [2.24, 2.45) is 5.41 Å². The summed E-state index contributed by atoms with van der Waals surface area (Å²) in [5, 5.41) is 14.1. The summed E-state index contributed by atoms with van der Waals surface area (Å²) in [5.74, 6) is 6.33. The summed E-state index contributed by atoms with van der Waals surface area (Å²) in [6.07, 6.45) is 3.08. The van der Waals surface area contributed by atoms with Gasteiger partial charge in [-0.1, -0.05) is 5.92 Å². The normalized spacial score (nSPS) is 20.0.